The average Bonchev–Trinajstić information content (AvgIpc) is 2.61. The molecule has 14 heavy (non-hydrogen) atoms. The third kappa shape index (κ3) is 1.75. The predicted molar refractivity (Wildman–Crippen MR) is 57.4 cm³/mol. The minimum Gasteiger partial charge on any atom is -0.313 e. The van der Waals surface area contributed by atoms with E-state index in [1.807, 2.05) is 4.57 Å². The molecule has 3 nitrogen and oxygen atoms in total. The molecule has 0 atom stereocenters. The second kappa shape index (κ2) is 4.26. The number of halogens is 1. The number of rotatable bonds is 2. The van der Waals surface area contributed by atoms with Crippen LogP contribution in [0.15, 0.2) is 10.8 Å². The Morgan fingerprint density at radius 1 is 1.43 bits per heavy atom. The van der Waals surface area contributed by atoms with Crippen LogP contribution in [-0.2, 0) is 0 Å². The van der Waals surface area contributed by atoms with Crippen molar-refractivity contribution in [1.82, 2.24) is 9.55 Å². The molecule has 1 aliphatic rings. The highest BCUT2D eigenvalue weighted by Gasteiger charge is 2.19. The second-order valence-electron chi connectivity index (χ2n) is 3.72. The zero-order chi connectivity index (χ0) is 9.97. The van der Waals surface area contributed by atoms with Crippen molar-refractivity contribution in [3.05, 3.63) is 16.6 Å². The maximum atomic E-state index is 10.8. The number of nitrogens with zero attached hydrogens (tertiary/aromatic N) is 2. The van der Waals surface area contributed by atoms with Crippen molar-refractivity contribution in [2.45, 2.75) is 38.1 Å². The lowest BCUT2D eigenvalue weighted by Crippen LogP contribution is -2.15. The van der Waals surface area contributed by atoms with Gasteiger partial charge in [0.05, 0.1) is 6.20 Å². The standard InChI is InChI=1S/C10H13BrN2O/c11-9-6-12-10(7-14)13(9)8-4-2-1-3-5-8/h6-8H,1-5H2. The quantitative estimate of drug-likeness (QED) is 0.763. The van der Waals surface area contributed by atoms with Gasteiger partial charge in [-0.3, -0.25) is 4.79 Å². The first kappa shape index (κ1) is 9.90. The van der Waals surface area contributed by atoms with Gasteiger partial charge in [-0.1, -0.05) is 19.3 Å². The Labute approximate surface area is 91.6 Å². The van der Waals surface area contributed by atoms with E-state index in [1.54, 1.807) is 6.20 Å². The van der Waals surface area contributed by atoms with E-state index in [-0.39, 0.29) is 0 Å². The first-order valence-corrected chi connectivity index (χ1v) is 5.80. The normalized spacial score (nSPS) is 18.4. The zero-order valence-electron chi connectivity index (χ0n) is 7.95. The SMILES string of the molecule is O=Cc1ncc(Br)n1C1CCCCC1. The van der Waals surface area contributed by atoms with Gasteiger partial charge in [-0.05, 0) is 28.8 Å². The number of imidazole rings is 1. The first-order chi connectivity index (χ1) is 6.83. The van der Waals surface area contributed by atoms with Crippen molar-refractivity contribution in [3.63, 3.8) is 0 Å². The van der Waals surface area contributed by atoms with E-state index in [4.69, 9.17) is 0 Å². The molecule has 1 heterocycles. The zero-order valence-corrected chi connectivity index (χ0v) is 9.53. The molecule has 1 aromatic rings. The summed E-state index contributed by atoms with van der Waals surface area (Å²) in [5.41, 5.74) is 0. The first-order valence-electron chi connectivity index (χ1n) is 5.01. The van der Waals surface area contributed by atoms with Crippen LogP contribution in [-0.4, -0.2) is 15.8 Å². The molecular formula is C10H13BrN2O. The molecule has 1 fully saturated rings. The van der Waals surface area contributed by atoms with E-state index in [0.29, 0.717) is 11.9 Å². The molecule has 1 aliphatic carbocycles. The topological polar surface area (TPSA) is 34.9 Å². The van der Waals surface area contributed by atoms with Crippen LogP contribution in [0, 0.1) is 0 Å². The third-order valence-corrected chi connectivity index (χ3v) is 3.41. The Morgan fingerprint density at radius 2 is 2.14 bits per heavy atom. The fourth-order valence-electron chi connectivity index (χ4n) is 2.14. The fourth-order valence-corrected chi connectivity index (χ4v) is 2.71. The van der Waals surface area contributed by atoms with Gasteiger partial charge in [-0.25, -0.2) is 4.98 Å². The summed E-state index contributed by atoms with van der Waals surface area (Å²) in [5, 5.41) is 0. The molecule has 0 spiro atoms. The van der Waals surface area contributed by atoms with Gasteiger partial charge in [0, 0.05) is 6.04 Å². The second-order valence-corrected chi connectivity index (χ2v) is 4.53. The smallest absolute Gasteiger partial charge is 0.185 e. The fraction of sp³-hybridized carbons (Fsp3) is 0.600. The molecule has 2 rings (SSSR count). The van der Waals surface area contributed by atoms with Gasteiger partial charge in [0.1, 0.15) is 4.60 Å². The van der Waals surface area contributed by atoms with E-state index >= 15 is 0 Å². The Hall–Kier alpha value is -0.640. The molecule has 76 valence electrons. The summed E-state index contributed by atoms with van der Waals surface area (Å²) < 4.78 is 2.94. The monoisotopic (exact) mass is 256 g/mol. The van der Waals surface area contributed by atoms with Gasteiger partial charge < -0.3 is 4.57 Å². The van der Waals surface area contributed by atoms with E-state index < -0.39 is 0 Å². The van der Waals surface area contributed by atoms with Crippen LogP contribution < -0.4 is 0 Å². The van der Waals surface area contributed by atoms with Crippen LogP contribution in [0.4, 0.5) is 0 Å². The highest BCUT2D eigenvalue weighted by Crippen LogP contribution is 2.31. The van der Waals surface area contributed by atoms with Crippen LogP contribution in [0.1, 0.15) is 48.8 Å². The van der Waals surface area contributed by atoms with Crippen LogP contribution >= 0.6 is 15.9 Å². The van der Waals surface area contributed by atoms with E-state index in [1.165, 1.54) is 19.3 Å². The number of hydrogen-bond acceptors (Lipinski definition) is 2. The summed E-state index contributed by atoms with van der Waals surface area (Å²) in [6, 6.07) is 0.459. The predicted octanol–water partition coefficient (Wildman–Crippen LogP) is 2.96. The van der Waals surface area contributed by atoms with Gasteiger partial charge >= 0.3 is 0 Å². The number of carbonyl (C=O) groups is 1. The van der Waals surface area contributed by atoms with Gasteiger partial charge in [0.2, 0.25) is 0 Å². The number of carbonyl (C=O) groups excluding carboxylic acids is 1. The van der Waals surface area contributed by atoms with Gasteiger partial charge in [0.25, 0.3) is 0 Å². The van der Waals surface area contributed by atoms with Crippen molar-refractivity contribution >= 4 is 22.2 Å². The van der Waals surface area contributed by atoms with Crippen molar-refractivity contribution in [3.8, 4) is 0 Å². The molecule has 0 bridgehead atoms. The molecule has 0 aromatic carbocycles. The van der Waals surface area contributed by atoms with Crippen molar-refractivity contribution < 1.29 is 4.79 Å². The summed E-state index contributed by atoms with van der Waals surface area (Å²) in [6.45, 7) is 0. The van der Waals surface area contributed by atoms with Gasteiger partial charge in [0.15, 0.2) is 12.1 Å². The van der Waals surface area contributed by atoms with Crippen molar-refractivity contribution in [2.24, 2.45) is 0 Å². The van der Waals surface area contributed by atoms with E-state index in [0.717, 1.165) is 23.7 Å². The average molecular weight is 257 g/mol. The Bertz CT molecular complexity index is 329. The number of aldehydes is 1. The molecule has 0 N–H and O–H groups in total. The summed E-state index contributed by atoms with van der Waals surface area (Å²) >= 11 is 3.44. The molecule has 0 unspecified atom stereocenters. The van der Waals surface area contributed by atoms with Crippen molar-refractivity contribution in [2.75, 3.05) is 0 Å². The summed E-state index contributed by atoms with van der Waals surface area (Å²) in [4.78, 5) is 14.8. The molecule has 1 aromatic heterocycles. The number of aromatic nitrogens is 2. The maximum Gasteiger partial charge on any atom is 0.185 e. The summed E-state index contributed by atoms with van der Waals surface area (Å²) in [6.07, 6.45) is 8.70. The lowest BCUT2D eigenvalue weighted by molar-refractivity contribution is 0.110. The van der Waals surface area contributed by atoms with Gasteiger partial charge in [-0.2, -0.15) is 0 Å². The minimum atomic E-state index is 0.459. The highest BCUT2D eigenvalue weighted by atomic mass is 79.9. The Balaban J connectivity index is 2.28. The molecule has 0 amide bonds. The summed E-state index contributed by atoms with van der Waals surface area (Å²) in [7, 11) is 0. The molecular weight excluding hydrogens is 244 g/mol. The lowest BCUT2D eigenvalue weighted by Gasteiger charge is -2.24. The highest BCUT2D eigenvalue weighted by molar-refractivity contribution is 9.10. The van der Waals surface area contributed by atoms with E-state index in [9.17, 15) is 4.79 Å². The molecule has 0 saturated heterocycles. The minimum absolute atomic E-state index is 0.459. The van der Waals surface area contributed by atoms with Crippen LogP contribution in [0.5, 0.6) is 0 Å². The molecule has 0 aliphatic heterocycles. The Morgan fingerprint density at radius 3 is 2.79 bits per heavy atom. The van der Waals surface area contributed by atoms with Crippen LogP contribution in [0.2, 0.25) is 0 Å². The molecule has 1 saturated carbocycles. The lowest BCUT2D eigenvalue weighted by atomic mass is 9.95. The third-order valence-electron chi connectivity index (χ3n) is 2.83. The van der Waals surface area contributed by atoms with Crippen LogP contribution in [0.25, 0.3) is 0 Å². The maximum absolute atomic E-state index is 10.8. The largest absolute Gasteiger partial charge is 0.313 e. The molecule has 0 radical (unpaired) electrons. The summed E-state index contributed by atoms with van der Waals surface area (Å²) in [5.74, 6) is 0.545. The van der Waals surface area contributed by atoms with E-state index in [2.05, 4.69) is 20.9 Å². The number of hydrogen-bond donors (Lipinski definition) is 0. The van der Waals surface area contributed by atoms with Crippen LogP contribution in [0.3, 0.4) is 0 Å². The Kier molecular flexibility index (Phi) is 3.01. The van der Waals surface area contributed by atoms with Gasteiger partial charge in [-0.15, -0.1) is 0 Å². The van der Waals surface area contributed by atoms with Crippen molar-refractivity contribution in [1.29, 1.82) is 0 Å². The molecule has 4 heteroatoms.